The summed E-state index contributed by atoms with van der Waals surface area (Å²) in [7, 11) is 0. The van der Waals surface area contributed by atoms with Crippen molar-refractivity contribution in [1.82, 2.24) is 5.32 Å². The number of aryl methyl sites for hydroxylation is 2. The fourth-order valence-electron chi connectivity index (χ4n) is 1.59. The van der Waals surface area contributed by atoms with Gasteiger partial charge in [0, 0.05) is 6.04 Å². The number of hydrogen-bond acceptors (Lipinski definition) is 2. The van der Waals surface area contributed by atoms with Crippen LogP contribution in [0.25, 0.3) is 0 Å². The Bertz CT molecular complexity index is 440. The molecule has 3 nitrogen and oxygen atoms in total. The van der Waals surface area contributed by atoms with E-state index in [0.29, 0.717) is 5.92 Å². The quantitative estimate of drug-likeness (QED) is 0.885. The average Bonchev–Trinajstić information content (AvgIpc) is 2.33. The Hall–Kier alpha value is -1.51. The Morgan fingerprint density at radius 1 is 1.16 bits per heavy atom. The SMILES string of the molecule is Cc1ccc(C)c(O[C@@H](C)C(=O)N[C@@H](C)C(C)C)c1. The van der Waals surface area contributed by atoms with Crippen molar-refractivity contribution in [1.29, 1.82) is 0 Å². The van der Waals surface area contributed by atoms with Gasteiger partial charge in [-0.25, -0.2) is 0 Å². The topological polar surface area (TPSA) is 38.3 Å². The lowest BCUT2D eigenvalue weighted by Gasteiger charge is -2.21. The smallest absolute Gasteiger partial charge is 0.260 e. The average molecular weight is 263 g/mol. The minimum absolute atomic E-state index is 0.0675. The molecule has 1 N–H and O–H groups in total. The normalized spacial score (nSPS) is 14.1. The molecule has 0 spiro atoms. The second-order valence-electron chi connectivity index (χ2n) is 5.57. The van der Waals surface area contributed by atoms with Gasteiger partial charge in [-0.2, -0.15) is 0 Å². The Balaban J connectivity index is 2.66. The van der Waals surface area contributed by atoms with Crippen molar-refractivity contribution in [3.8, 4) is 5.75 Å². The van der Waals surface area contributed by atoms with Crippen molar-refractivity contribution in [2.45, 2.75) is 53.7 Å². The summed E-state index contributed by atoms with van der Waals surface area (Å²) < 4.78 is 5.76. The summed E-state index contributed by atoms with van der Waals surface area (Å²) >= 11 is 0. The van der Waals surface area contributed by atoms with Crippen LogP contribution in [0.1, 0.15) is 38.8 Å². The first-order valence-corrected chi connectivity index (χ1v) is 6.85. The monoisotopic (exact) mass is 263 g/mol. The van der Waals surface area contributed by atoms with Crippen molar-refractivity contribution in [3.05, 3.63) is 29.3 Å². The van der Waals surface area contributed by atoms with Gasteiger partial charge in [-0.05, 0) is 50.8 Å². The van der Waals surface area contributed by atoms with Gasteiger partial charge in [0.1, 0.15) is 5.75 Å². The summed E-state index contributed by atoms with van der Waals surface area (Å²) in [5.41, 5.74) is 2.17. The van der Waals surface area contributed by atoms with Gasteiger partial charge in [-0.3, -0.25) is 4.79 Å². The first-order valence-electron chi connectivity index (χ1n) is 6.85. The van der Waals surface area contributed by atoms with Crippen LogP contribution in [0.2, 0.25) is 0 Å². The van der Waals surface area contributed by atoms with Crippen LogP contribution in [-0.2, 0) is 4.79 Å². The number of hydrogen-bond donors (Lipinski definition) is 1. The van der Waals surface area contributed by atoms with Crippen LogP contribution in [0, 0.1) is 19.8 Å². The Kier molecular flexibility index (Phi) is 5.40. The van der Waals surface area contributed by atoms with E-state index in [0.717, 1.165) is 16.9 Å². The molecule has 0 heterocycles. The molecule has 0 saturated carbocycles. The number of nitrogens with one attached hydrogen (secondary N) is 1. The molecule has 106 valence electrons. The minimum Gasteiger partial charge on any atom is -0.481 e. The van der Waals surface area contributed by atoms with Crippen molar-refractivity contribution < 1.29 is 9.53 Å². The Morgan fingerprint density at radius 2 is 1.79 bits per heavy atom. The zero-order chi connectivity index (χ0) is 14.6. The lowest BCUT2D eigenvalue weighted by atomic mass is 10.1. The highest BCUT2D eigenvalue weighted by atomic mass is 16.5. The van der Waals surface area contributed by atoms with Crippen LogP contribution in [0.15, 0.2) is 18.2 Å². The number of ether oxygens (including phenoxy) is 1. The molecule has 1 rings (SSSR count). The Labute approximate surface area is 116 Å². The van der Waals surface area contributed by atoms with Crippen LogP contribution >= 0.6 is 0 Å². The standard InChI is InChI=1S/C16H25NO2/c1-10(2)13(5)17-16(18)14(6)19-15-9-11(3)7-8-12(15)4/h7-10,13-14H,1-6H3,(H,17,18)/t13-,14-/m0/s1. The van der Waals surface area contributed by atoms with E-state index >= 15 is 0 Å². The third-order valence-electron chi connectivity index (χ3n) is 3.39. The summed E-state index contributed by atoms with van der Waals surface area (Å²) in [4.78, 5) is 12.0. The first kappa shape index (κ1) is 15.5. The fraction of sp³-hybridized carbons (Fsp3) is 0.562. The van der Waals surface area contributed by atoms with E-state index < -0.39 is 6.10 Å². The maximum absolute atomic E-state index is 12.0. The third-order valence-corrected chi connectivity index (χ3v) is 3.39. The van der Waals surface area contributed by atoms with E-state index in [1.54, 1.807) is 6.92 Å². The molecule has 0 fully saturated rings. The molecule has 1 aromatic carbocycles. The van der Waals surface area contributed by atoms with E-state index in [4.69, 9.17) is 4.74 Å². The third kappa shape index (κ3) is 4.58. The highest BCUT2D eigenvalue weighted by Crippen LogP contribution is 2.20. The van der Waals surface area contributed by atoms with Crippen LogP contribution < -0.4 is 10.1 Å². The fourth-order valence-corrected chi connectivity index (χ4v) is 1.59. The van der Waals surface area contributed by atoms with Gasteiger partial charge in [0.2, 0.25) is 0 Å². The zero-order valence-corrected chi connectivity index (χ0v) is 12.8. The van der Waals surface area contributed by atoms with Gasteiger partial charge < -0.3 is 10.1 Å². The van der Waals surface area contributed by atoms with Crippen LogP contribution in [0.5, 0.6) is 5.75 Å². The molecule has 2 atom stereocenters. The molecular formula is C16H25NO2. The largest absolute Gasteiger partial charge is 0.481 e. The molecule has 0 radical (unpaired) electrons. The van der Waals surface area contributed by atoms with E-state index in [9.17, 15) is 4.79 Å². The van der Waals surface area contributed by atoms with Crippen LogP contribution in [-0.4, -0.2) is 18.1 Å². The minimum atomic E-state index is -0.485. The lowest BCUT2D eigenvalue weighted by molar-refractivity contribution is -0.128. The summed E-state index contributed by atoms with van der Waals surface area (Å²) in [6, 6.07) is 6.15. The molecule has 0 unspecified atom stereocenters. The van der Waals surface area contributed by atoms with Crippen molar-refractivity contribution in [2.24, 2.45) is 5.92 Å². The molecule has 3 heteroatoms. The van der Waals surface area contributed by atoms with E-state index in [1.807, 2.05) is 39.0 Å². The molecule has 0 saturated heterocycles. The molecule has 1 amide bonds. The second-order valence-corrected chi connectivity index (χ2v) is 5.57. The molecule has 0 bridgehead atoms. The van der Waals surface area contributed by atoms with Crippen LogP contribution in [0.4, 0.5) is 0 Å². The van der Waals surface area contributed by atoms with Gasteiger partial charge in [0.05, 0.1) is 0 Å². The number of amides is 1. The summed E-state index contributed by atoms with van der Waals surface area (Å²) in [6.45, 7) is 12.0. The lowest BCUT2D eigenvalue weighted by Crippen LogP contribution is -2.43. The molecule has 0 aromatic heterocycles. The highest BCUT2D eigenvalue weighted by Gasteiger charge is 2.18. The second kappa shape index (κ2) is 6.60. The molecule has 0 aliphatic rings. The number of rotatable bonds is 5. The number of carbonyl (C=O) groups excluding carboxylic acids is 1. The number of carbonyl (C=O) groups is 1. The summed E-state index contributed by atoms with van der Waals surface area (Å²) in [5.74, 6) is 1.12. The zero-order valence-electron chi connectivity index (χ0n) is 12.8. The molecular weight excluding hydrogens is 238 g/mol. The van der Waals surface area contributed by atoms with E-state index in [1.165, 1.54) is 0 Å². The van der Waals surface area contributed by atoms with Gasteiger partial charge in [-0.1, -0.05) is 26.0 Å². The molecule has 19 heavy (non-hydrogen) atoms. The first-order chi connectivity index (χ1) is 8.81. The number of benzene rings is 1. The maximum Gasteiger partial charge on any atom is 0.260 e. The van der Waals surface area contributed by atoms with Crippen molar-refractivity contribution >= 4 is 5.91 Å². The molecule has 0 aliphatic carbocycles. The highest BCUT2D eigenvalue weighted by molar-refractivity contribution is 5.81. The summed E-state index contributed by atoms with van der Waals surface area (Å²) in [6.07, 6.45) is -0.485. The molecule has 0 aliphatic heterocycles. The Morgan fingerprint density at radius 3 is 2.37 bits per heavy atom. The van der Waals surface area contributed by atoms with Gasteiger partial charge >= 0.3 is 0 Å². The van der Waals surface area contributed by atoms with Crippen LogP contribution in [0.3, 0.4) is 0 Å². The van der Waals surface area contributed by atoms with E-state index in [-0.39, 0.29) is 11.9 Å². The van der Waals surface area contributed by atoms with Crippen molar-refractivity contribution in [2.75, 3.05) is 0 Å². The van der Waals surface area contributed by atoms with Gasteiger partial charge in [0.25, 0.3) is 5.91 Å². The van der Waals surface area contributed by atoms with Crippen molar-refractivity contribution in [3.63, 3.8) is 0 Å². The van der Waals surface area contributed by atoms with E-state index in [2.05, 4.69) is 19.2 Å². The maximum atomic E-state index is 12.0. The predicted molar refractivity (Wildman–Crippen MR) is 78.4 cm³/mol. The van der Waals surface area contributed by atoms with Gasteiger partial charge in [0.15, 0.2) is 6.10 Å². The molecule has 1 aromatic rings. The van der Waals surface area contributed by atoms with Gasteiger partial charge in [-0.15, -0.1) is 0 Å². The predicted octanol–water partition coefficient (Wildman–Crippen LogP) is 3.23. The summed E-state index contributed by atoms with van der Waals surface area (Å²) in [5, 5.41) is 2.97.